The molecular formula is C24H21ClN4O. The molecule has 0 fully saturated rings. The molecule has 0 atom stereocenters. The summed E-state index contributed by atoms with van der Waals surface area (Å²) in [6.07, 6.45) is 3.65. The minimum atomic E-state index is -0.179. The lowest BCUT2D eigenvalue weighted by Crippen LogP contribution is -2.12. The van der Waals surface area contributed by atoms with Gasteiger partial charge in [0.1, 0.15) is 0 Å². The number of carbonyl (C=O) groups is 1. The third kappa shape index (κ3) is 5.07. The molecule has 150 valence electrons. The quantitative estimate of drug-likeness (QED) is 0.421. The van der Waals surface area contributed by atoms with Crippen molar-refractivity contribution in [3.63, 3.8) is 0 Å². The summed E-state index contributed by atoms with van der Waals surface area (Å²) in [4.78, 5) is 12.6. The van der Waals surface area contributed by atoms with Crippen molar-refractivity contribution >= 4 is 28.9 Å². The van der Waals surface area contributed by atoms with Gasteiger partial charge >= 0.3 is 0 Å². The van der Waals surface area contributed by atoms with Gasteiger partial charge in [-0.25, -0.2) is 0 Å². The molecule has 1 heterocycles. The molecule has 1 aromatic heterocycles. The number of hydrogen-bond acceptors (Lipinski definition) is 3. The molecule has 0 unspecified atom stereocenters. The van der Waals surface area contributed by atoms with Crippen LogP contribution < -0.4 is 10.6 Å². The number of benzene rings is 3. The van der Waals surface area contributed by atoms with E-state index in [-0.39, 0.29) is 5.91 Å². The number of carbonyl (C=O) groups excluding carboxylic acids is 1. The van der Waals surface area contributed by atoms with Gasteiger partial charge in [0.2, 0.25) is 0 Å². The lowest BCUT2D eigenvalue weighted by atomic mass is 10.1. The summed E-state index contributed by atoms with van der Waals surface area (Å²) in [5, 5.41) is 11.0. The molecule has 5 nitrogen and oxygen atoms in total. The first-order valence-corrected chi connectivity index (χ1v) is 10.0. The fourth-order valence-electron chi connectivity index (χ4n) is 3.08. The highest BCUT2D eigenvalue weighted by Crippen LogP contribution is 2.26. The molecule has 0 radical (unpaired) electrons. The maximum Gasteiger partial charge on any atom is 0.255 e. The predicted molar refractivity (Wildman–Crippen MR) is 121 cm³/mol. The highest BCUT2D eigenvalue weighted by Gasteiger charge is 2.08. The Bertz CT molecular complexity index is 1110. The first-order valence-electron chi connectivity index (χ1n) is 9.62. The molecule has 4 rings (SSSR count). The van der Waals surface area contributed by atoms with Crippen molar-refractivity contribution in [3.05, 3.63) is 113 Å². The van der Waals surface area contributed by atoms with Crippen molar-refractivity contribution in [1.29, 1.82) is 0 Å². The molecule has 2 N–H and O–H groups in total. The number of nitrogens with one attached hydrogen (secondary N) is 2. The smallest absolute Gasteiger partial charge is 0.255 e. The van der Waals surface area contributed by atoms with Gasteiger partial charge < -0.3 is 10.6 Å². The standard InChI is InChI=1S/C24H21ClN4O/c25-22-15-21(11-12-23(22)26-16-18-5-2-1-3-6-18)28-24(30)20-9-7-19(8-10-20)17-29-14-4-13-27-29/h1-15,26H,16-17H2,(H,28,30). The Labute approximate surface area is 180 Å². The van der Waals surface area contributed by atoms with Gasteiger partial charge in [-0.2, -0.15) is 5.10 Å². The van der Waals surface area contributed by atoms with Crippen LogP contribution in [0, 0.1) is 0 Å². The molecular weight excluding hydrogens is 396 g/mol. The highest BCUT2D eigenvalue weighted by molar-refractivity contribution is 6.33. The number of hydrogen-bond donors (Lipinski definition) is 2. The molecule has 0 bridgehead atoms. The van der Waals surface area contributed by atoms with Crippen molar-refractivity contribution in [1.82, 2.24) is 9.78 Å². The zero-order chi connectivity index (χ0) is 20.8. The van der Waals surface area contributed by atoms with E-state index in [1.54, 1.807) is 12.3 Å². The van der Waals surface area contributed by atoms with Crippen molar-refractivity contribution in [2.75, 3.05) is 10.6 Å². The fourth-order valence-corrected chi connectivity index (χ4v) is 3.32. The average molecular weight is 417 g/mol. The first kappa shape index (κ1) is 19.7. The van der Waals surface area contributed by atoms with Crippen LogP contribution >= 0.6 is 11.6 Å². The lowest BCUT2D eigenvalue weighted by Gasteiger charge is -2.11. The van der Waals surface area contributed by atoms with Crippen LogP contribution in [0.5, 0.6) is 0 Å². The molecule has 6 heteroatoms. The topological polar surface area (TPSA) is 59.0 Å². The second-order valence-electron chi connectivity index (χ2n) is 6.89. The summed E-state index contributed by atoms with van der Waals surface area (Å²) in [5.41, 5.74) is 4.30. The van der Waals surface area contributed by atoms with E-state index < -0.39 is 0 Å². The Morgan fingerprint density at radius 1 is 0.933 bits per heavy atom. The van der Waals surface area contributed by atoms with E-state index in [9.17, 15) is 4.79 Å². The van der Waals surface area contributed by atoms with E-state index in [0.29, 0.717) is 29.4 Å². The van der Waals surface area contributed by atoms with Gasteiger partial charge in [-0.3, -0.25) is 9.48 Å². The second kappa shape index (κ2) is 9.29. The average Bonchev–Trinajstić information content (AvgIpc) is 3.27. The third-order valence-corrected chi connectivity index (χ3v) is 4.99. The number of halogens is 1. The second-order valence-corrected chi connectivity index (χ2v) is 7.30. The first-order chi connectivity index (χ1) is 14.7. The van der Waals surface area contributed by atoms with Crippen LogP contribution in [-0.2, 0) is 13.1 Å². The Balaban J connectivity index is 1.36. The number of aromatic nitrogens is 2. The van der Waals surface area contributed by atoms with Crippen LogP contribution in [0.15, 0.2) is 91.3 Å². The summed E-state index contributed by atoms with van der Waals surface area (Å²) in [6, 6.07) is 24.9. The zero-order valence-corrected chi connectivity index (χ0v) is 17.0. The van der Waals surface area contributed by atoms with E-state index >= 15 is 0 Å². The van der Waals surface area contributed by atoms with Crippen LogP contribution in [-0.4, -0.2) is 15.7 Å². The van der Waals surface area contributed by atoms with Crippen LogP contribution in [0.25, 0.3) is 0 Å². The Hall–Kier alpha value is -3.57. The summed E-state index contributed by atoms with van der Waals surface area (Å²) in [5.74, 6) is -0.179. The molecule has 3 aromatic carbocycles. The summed E-state index contributed by atoms with van der Waals surface area (Å²) >= 11 is 6.39. The molecule has 0 saturated carbocycles. The number of rotatable bonds is 7. The van der Waals surface area contributed by atoms with Crippen LogP contribution in [0.4, 0.5) is 11.4 Å². The van der Waals surface area contributed by atoms with Gasteiger partial charge in [0.15, 0.2) is 0 Å². The van der Waals surface area contributed by atoms with Gasteiger partial charge in [-0.05, 0) is 47.5 Å². The molecule has 0 aliphatic rings. The lowest BCUT2D eigenvalue weighted by molar-refractivity contribution is 0.102. The zero-order valence-electron chi connectivity index (χ0n) is 16.3. The Kier molecular flexibility index (Phi) is 6.11. The summed E-state index contributed by atoms with van der Waals surface area (Å²) in [7, 11) is 0. The van der Waals surface area contributed by atoms with E-state index in [0.717, 1.165) is 11.3 Å². The molecule has 30 heavy (non-hydrogen) atoms. The largest absolute Gasteiger partial charge is 0.380 e. The van der Waals surface area contributed by atoms with Gasteiger partial charge in [0.05, 0.1) is 17.3 Å². The predicted octanol–water partition coefficient (Wildman–Crippen LogP) is 5.45. The van der Waals surface area contributed by atoms with Crippen molar-refractivity contribution < 1.29 is 4.79 Å². The Morgan fingerprint density at radius 3 is 2.43 bits per heavy atom. The van der Waals surface area contributed by atoms with E-state index in [2.05, 4.69) is 27.9 Å². The summed E-state index contributed by atoms with van der Waals surface area (Å²) in [6.45, 7) is 1.35. The van der Waals surface area contributed by atoms with E-state index in [1.165, 1.54) is 5.56 Å². The van der Waals surface area contributed by atoms with Gasteiger partial charge in [0.25, 0.3) is 5.91 Å². The Morgan fingerprint density at radius 2 is 1.73 bits per heavy atom. The van der Waals surface area contributed by atoms with E-state index in [1.807, 2.05) is 71.5 Å². The maximum atomic E-state index is 12.6. The van der Waals surface area contributed by atoms with Crippen LogP contribution in [0.2, 0.25) is 5.02 Å². The molecule has 1 amide bonds. The third-order valence-electron chi connectivity index (χ3n) is 4.67. The van der Waals surface area contributed by atoms with Crippen LogP contribution in [0.1, 0.15) is 21.5 Å². The fraction of sp³-hybridized carbons (Fsp3) is 0.0833. The van der Waals surface area contributed by atoms with Gasteiger partial charge in [0, 0.05) is 30.2 Å². The van der Waals surface area contributed by atoms with E-state index in [4.69, 9.17) is 11.6 Å². The molecule has 0 aliphatic heterocycles. The normalized spacial score (nSPS) is 10.6. The van der Waals surface area contributed by atoms with Gasteiger partial charge in [-0.1, -0.05) is 54.1 Å². The van der Waals surface area contributed by atoms with Crippen molar-refractivity contribution in [2.24, 2.45) is 0 Å². The minimum absolute atomic E-state index is 0.179. The number of anilines is 2. The SMILES string of the molecule is O=C(Nc1ccc(NCc2ccccc2)c(Cl)c1)c1ccc(Cn2cccn2)cc1. The van der Waals surface area contributed by atoms with Crippen molar-refractivity contribution in [3.8, 4) is 0 Å². The molecule has 0 saturated heterocycles. The molecule has 0 spiro atoms. The van der Waals surface area contributed by atoms with Crippen LogP contribution in [0.3, 0.4) is 0 Å². The number of nitrogens with zero attached hydrogens (tertiary/aromatic N) is 2. The maximum absolute atomic E-state index is 12.6. The monoisotopic (exact) mass is 416 g/mol. The number of amides is 1. The van der Waals surface area contributed by atoms with Gasteiger partial charge in [-0.15, -0.1) is 0 Å². The highest BCUT2D eigenvalue weighted by atomic mass is 35.5. The minimum Gasteiger partial charge on any atom is -0.380 e. The van der Waals surface area contributed by atoms with Crippen molar-refractivity contribution in [2.45, 2.75) is 13.1 Å². The molecule has 0 aliphatic carbocycles. The summed E-state index contributed by atoms with van der Waals surface area (Å²) < 4.78 is 1.84. The molecule has 4 aromatic rings.